The molecule has 0 unspecified atom stereocenters. The number of ether oxygens (including phenoxy) is 1. The molecular formula is C24H25N3O4S. The number of hydrogen-bond donors (Lipinski definition) is 3. The largest absolute Gasteiger partial charge is 0.494 e. The average molecular weight is 452 g/mol. The third-order valence-electron chi connectivity index (χ3n) is 4.73. The van der Waals surface area contributed by atoms with E-state index >= 15 is 0 Å². The van der Waals surface area contributed by atoms with Gasteiger partial charge >= 0.3 is 0 Å². The van der Waals surface area contributed by atoms with Crippen LogP contribution in [0, 0.1) is 5.41 Å². The number of amides is 1. The minimum Gasteiger partial charge on any atom is -0.494 e. The molecule has 0 aliphatic rings. The molecule has 7 nitrogen and oxygen atoms in total. The van der Waals surface area contributed by atoms with E-state index in [1.54, 1.807) is 72.8 Å². The van der Waals surface area contributed by atoms with E-state index in [2.05, 4.69) is 5.32 Å². The molecule has 0 aliphatic heterocycles. The van der Waals surface area contributed by atoms with Gasteiger partial charge in [0.25, 0.3) is 0 Å². The van der Waals surface area contributed by atoms with Gasteiger partial charge in [-0.1, -0.05) is 42.5 Å². The Morgan fingerprint density at radius 1 is 1.03 bits per heavy atom. The van der Waals surface area contributed by atoms with Gasteiger partial charge in [-0.25, -0.2) is 8.42 Å². The third kappa shape index (κ3) is 6.18. The van der Waals surface area contributed by atoms with Crippen molar-refractivity contribution >= 4 is 27.3 Å². The van der Waals surface area contributed by atoms with Gasteiger partial charge in [0.2, 0.25) is 5.91 Å². The van der Waals surface area contributed by atoms with Gasteiger partial charge in [-0.15, -0.1) is 0 Å². The fourth-order valence-corrected chi connectivity index (χ4v) is 4.07. The predicted octanol–water partition coefficient (Wildman–Crippen LogP) is 3.84. The summed E-state index contributed by atoms with van der Waals surface area (Å²) in [6, 6.07) is 20.8. The summed E-state index contributed by atoms with van der Waals surface area (Å²) in [7, 11) is -3.35. The highest BCUT2D eigenvalue weighted by atomic mass is 32.2. The first-order chi connectivity index (χ1) is 15.2. The number of anilines is 1. The molecule has 0 aliphatic carbocycles. The van der Waals surface area contributed by atoms with Gasteiger partial charge in [-0.2, -0.15) is 0 Å². The SMILES string of the molecule is CS(=O)(=O)c1ccccc1-c1ccc(NC(=O)CCCOc2cccc(C(=N)N)c2)cc1. The molecule has 0 fully saturated rings. The number of nitrogen functional groups attached to an aromatic ring is 1. The Morgan fingerprint density at radius 3 is 2.44 bits per heavy atom. The summed E-state index contributed by atoms with van der Waals surface area (Å²) in [6.07, 6.45) is 1.99. The summed E-state index contributed by atoms with van der Waals surface area (Å²) < 4.78 is 29.7. The Morgan fingerprint density at radius 2 is 1.75 bits per heavy atom. The van der Waals surface area contributed by atoms with Gasteiger partial charge in [0, 0.05) is 29.5 Å². The van der Waals surface area contributed by atoms with Crippen molar-refractivity contribution in [1.29, 1.82) is 5.41 Å². The molecule has 0 spiro atoms. The number of carbonyl (C=O) groups is 1. The lowest BCUT2D eigenvalue weighted by atomic mass is 10.1. The summed E-state index contributed by atoms with van der Waals surface area (Å²) in [6.45, 7) is 0.357. The van der Waals surface area contributed by atoms with Crippen LogP contribution in [0.3, 0.4) is 0 Å². The van der Waals surface area contributed by atoms with Gasteiger partial charge in [-0.3, -0.25) is 10.2 Å². The van der Waals surface area contributed by atoms with E-state index in [1.807, 2.05) is 0 Å². The van der Waals surface area contributed by atoms with Gasteiger partial charge in [0.05, 0.1) is 11.5 Å². The Hall–Kier alpha value is -3.65. The Balaban J connectivity index is 1.52. The molecule has 4 N–H and O–H groups in total. The molecule has 0 aromatic heterocycles. The maximum Gasteiger partial charge on any atom is 0.224 e. The number of amidine groups is 1. The highest BCUT2D eigenvalue weighted by Crippen LogP contribution is 2.28. The van der Waals surface area contributed by atoms with Crippen molar-refractivity contribution in [2.75, 3.05) is 18.2 Å². The van der Waals surface area contributed by atoms with Crippen LogP contribution in [0.1, 0.15) is 18.4 Å². The van der Waals surface area contributed by atoms with E-state index in [0.29, 0.717) is 35.6 Å². The first-order valence-electron chi connectivity index (χ1n) is 10.0. The smallest absolute Gasteiger partial charge is 0.224 e. The van der Waals surface area contributed by atoms with E-state index < -0.39 is 9.84 Å². The zero-order valence-corrected chi connectivity index (χ0v) is 18.5. The fraction of sp³-hybridized carbons (Fsp3) is 0.167. The molecule has 3 aromatic rings. The predicted molar refractivity (Wildman–Crippen MR) is 126 cm³/mol. The van der Waals surface area contributed by atoms with Crippen LogP contribution in [0.2, 0.25) is 0 Å². The second-order valence-corrected chi connectivity index (χ2v) is 9.27. The summed E-state index contributed by atoms with van der Waals surface area (Å²) in [5.41, 5.74) is 8.06. The lowest BCUT2D eigenvalue weighted by Crippen LogP contribution is -2.13. The molecule has 0 bridgehead atoms. The quantitative estimate of drug-likeness (QED) is 0.259. The summed E-state index contributed by atoms with van der Waals surface area (Å²) >= 11 is 0. The van der Waals surface area contributed by atoms with Crippen LogP contribution in [0.15, 0.2) is 77.7 Å². The van der Waals surface area contributed by atoms with E-state index in [9.17, 15) is 13.2 Å². The first kappa shape index (κ1) is 23.0. The Bertz CT molecular complexity index is 1220. The molecule has 3 aromatic carbocycles. The van der Waals surface area contributed by atoms with E-state index in [-0.39, 0.29) is 23.1 Å². The molecule has 3 rings (SSSR count). The van der Waals surface area contributed by atoms with Gasteiger partial charge in [0.1, 0.15) is 11.6 Å². The molecule has 1 amide bonds. The molecule has 0 heterocycles. The molecule has 0 saturated heterocycles. The maximum atomic E-state index is 12.2. The zero-order chi connectivity index (χ0) is 23.1. The van der Waals surface area contributed by atoms with Crippen molar-refractivity contribution in [2.24, 2.45) is 5.73 Å². The number of nitrogens with two attached hydrogens (primary N) is 1. The molecule has 32 heavy (non-hydrogen) atoms. The number of benzene rings is 3. The lowest BCUT2D eigenvalue weighted by Gasteiger charge is -2.10. The highest BCUT2D eigenvalue weighted by molar-refractivity contribution is 7.90. The normalized spacial score (nSPS) is 11.0. The van der Waals surface area contributed by atoms with Gasteiger partial charge in [-0.05, 0) is 42.3 Å². The van der Waals surface area contributed by atoms with Crippen LogP contribution in [0.5, 0.6) is 5.75 Å². The van der Waals surface area contributed by atoms with Crippen LogP contribution in [0.4, 0.5) is 5.69 Å². The van der Waals surface area contributed by atoms with Gasteiger partial charge in [0.15, 0.2) is 9.84 Å². The first-order valence-corrected chi connectivity index (χ1v) is 11.9. The van der Waals surface area contributed by atoms with Crippen molar-refractivity contribution in [3.8, 4) is 16.9 Å². The standard InChI is InChI=1S/C24H25N3O4S/c1-32(29,30)22-9-3-2-8-21(22)17-11-13-19(14-12-17)27-23(28)10-5-15-31-20-7-4-6-18(16-20)24(25)26/h2-4,6-9,11-14,16H,5,10,15H2,1H3,(H3,25,26)(H,27,28). The Labute approximate surface area is 187 Å². The van der Waals surface area contributed by atoms with Crippen LogP contribution >= 0.6 is 0 Å². The molecule has 0 radical (unpaired) electrons. The minimum atomic E-state index is -3.35. The van der Waals surface area contributed by atoms with Crippen LogP contribution in [-0.2, 0) is 14.6 Å². The fourth-order valence-electron chi connectivity index (χ4n) is 3.16. The summed E-state index contributed by atoms with van der Waals surface area (Å²) in [5, 5.41) is 10.3. The molecule has 166 valence electrons. The van der Waals surface area contributed by atoms with E-state index in [0.717, 1.165) is 5.56 Å². The summed E-state index contributed by atoms with van der Waals surface area (Å²) in [5.74, 6) is 0.430. The number of nitrogens with one attached hydrogen (secondary N) is 2. The average Bonchev–Trinajstić information content (AvgIpc) is 2.77. The number of sulfone groups is 1. The third-order valence-corrected chi connectivity index (χ3v) is 5.88. The molecule has 0 atom stereocenters. The van der Waals surface area contributed by atoms with Crippen molar-refractivity contribution in [3.05, 3.63) is 78.4 Å². The van der Waals surface area contributed by atoms with E-state index in [4.69, 9.17) is 15.9 Å². The lowest BCUT2D eigenvalue weighted by molar-refractivity contribution is -0.116. The van der Waals surface area contributed by atoms with Crippen molar-refractivity contribution in [3.63, 3.8) is 0 Å². The van der Waals surface area contributed by atoms with Crippen molar-refractivity contribution in [1.82, 2.24) is 0 Å². The zero-order valence-electron chi connectivity index (χ0n) is 17.7. The topological polar surface area (TPSA) is 122 Å². The second-order valence-electron chi connectivity index (χ2n) is 7.29. The van der Waals surface area contributed by atoms with Crippen LogP contribution in [0.25, 0.3) is 11.1 Å². The molecular weight excluding hydrogens is 426 g/mol. The number of carbonyl (C=O) groups excluding carboxylic acids is 1. The van der Waals surface area contributed by atoms with Crippen molar-refractivity contribution < 1.29 is 17.9 Å². The summed E-state index contributed by atoms with van der Waals surface area (Å²) in [4.78, 5) is 12.5. The Kier molecular flexibility index (Phi) is 7.27. The van der Waals surface area contributed by atoms with Crippen LogP contribution in [-0.4, -0.2) is 33.0 Å². The van der Waals surface area contributed by atoms with E-state index in [1.165, 1.54) is 6.26 Å². The molecule has 8 heteroatoms. The van der Waals surface area contributed by atoms with Crippen LogP contribution < -0.4 is 15.8 Å². The molecule has 0 saturated carbocycles. The maximum absolute atomic E-state index is 12.2. The number of rotatable bonds is 9. The number of hydrogen-bond acceptors (Lipinski definition) is 5. The minimum absolute atomic E-state index is 0.0272. The monoisotopic (exact) mass is 451 g/mol. The van der Waals surface area contributed by atoms with Gasteiger partial charge < -0.3 is 15.8 Å². The van der Waals surface area contributed by atoms with Crippen molar-refractivity contribution in [2.45, 2.75) is 17.7 Å². The highest BCUT2D eigenvalue weighted by Gasteiger charge is 2.14. The second kappa shape index (κ2) is 10.1.